The van der Waals surface area contributed by atoms with Crippen LogP contribution in [0.25, 0.3) is 0 Å². The van der Waals surface area contributed by atoms with Crippen molar-refractivity contribution in [3.8, 4) is 5.75 Å². The van der Waals surface area contributed by atoms with E-state index in [1.807, 2.05) is 43.9 Å². The minimum atomic E-state index is -0.574. The first-order valence-electron chi connectivity index (χ1n) is 12.0. The van der Waals surface area contributed by atoms with Gasteiger partial charge in [0.15, 0.2) is 10.9 Å². The number of piperidine rings is 1. The van der Waals surface area contributed by atoms with Crippen molar-refractivity contribution in [2.75, 3.05) is 61.5 Å². The molecule has 3 heterocycles. The van der Waals surface area contributed by atoms with Gasteiger partial charge in [-0.2, -0.15) is 0 Å². The molecule has 34 heavy (non-hydrogen) atoms. The third-order valence-corrected chi connectivity index (χ3v) is 7.45. The number of methoxy groups -OCH3 is 1. The molecule has 2 amide bonds. The largest absolute Gasteiger partial charge is 0.495 e. The molecule has 2 aliphatic rings. The van der Waals surface area contributed by atoms with Crippen molar-refractivity contribution in [3.05, 3.63) is 29.1 Å². The Bertz CT molecular complexity index is 1020. The molecule has 0 atom stereocenters. The zero-order chi connectivity index (χ0) is 24.3. The van der Waals surface area contributed by atoms with Crippen molar-refractivity contribution >= 4 is 39.8 Å². The van der Waals surface area contributed by atoms with Crippen LogP contribution >= 0.6 is 11.3 Å². The van der Waals surface area contributed by atoms with Gasteiger partial charge in [0.1, 0.15) is 10.6 Å². The average molecular weight is 486 g/mol. The molecule has 0 saturated carbocycles. The third kappa shape index (κ3) is 5.29. The zero-order valence-corrected chi connectivity index (χ0v) is 21.4. The summed E-state index contributed by atoms with van der Waals surface area (Å²) in [5, 5.41) is 3.72. The monoisotopic (exact) mass is 485 g/mol. The summed E-state index contributed by atoms with van der Waals surface area (Å²) in [6.45, 7) is 10.3. The Kier molecular flexibility index (Phi) is 7.30. The van der Waals surface area contributed by atoms with E-state index in [1.54, 1.807) is 7.11 Å². The van der Waals surface area contributed by atoms with Gasteiger partial charge in [0.05, 0.1) is 12.8 Å². The fourth-order valence-electron chi connectivity index (χ4n) is 4.24. The van der Waals surface area contributed by atoms with Gasteiger partial charge >= 0.3 is 0 Å². The quantitative estimate of drug-likeness (QED) is 0.687. The maximum absolute atomic E-state index is 13.4. The number of hydrogen-bond donors (Lipinski definition) is 1. The Morgan fingerprint density at radius 3 is 2.26 bits per heavy atom. The Morgan fingerprint density at radius 1 is 0.971 bits per heavy atom. The molecule has 2 saturated heterocycles. The van der Waals surface area contributed by atoms with Crippen LogP contribution in [0.15, 0.2) is 24.3 Å². The van der Waals surface area contributed by atoms with Gasteiger partial charge in [-0.1, -0.05) is 44.2 Å². The van der Waals surface area contributed by atoms with Crippen LogP contribution in [0.2, 0.25) is 0 Å². The molecule has 0 aliphatic carbocycles. The number of rotatable bonds is 5. The van der Waals surface area contributed by atoms with Gasteiger partial charge in [-0.25, -0.2) is 4.98 Å². The van der Waals surface area contributed by atoms with E-state index in [2.05, 4.69) is 21.2 Å². The SMILES string of the molecule is COc1ccccc1N1CCN(c2nc(NC(=O)C(C)(C)C)c(C(=O)N3CCCCC3)s2)CC1. The highest BCUT2D eigenvalue weighted by Crippen LogP contribution is 2.35. The second kappa shape index (κ2) is 10.2. The first-order chi connectivity index (χ1) is 16.3. The predicted octanol–water partition coefficient (Wildman–Crippen LogP) is 4.09. The van der Waals surface area contributed by atoms with Crippen molar-refractivity contribution in [2.24, 2.45) is 5.41 Å². The molecule has 1 N–H and O–H groups in total. The number of aromatic nitrogens is 1. The van der Waals surface area contributed by atoms with Crippen LogP contribution in [0.4, 0.5) is 16.6 Å². The lowest BCUT2D eigenvalue weighted by Crippen LogP contribution is -2.46. The lowest BCUT2D eigenvalue weighted by atomic mass is 9.96. The van der Waals surface area contributed by atoms with E-state index in [-0.39, 0.29) is 11.8 Å². The Hall–Kier alpha value is -2.81. The van der Waals surface area contributed by atoms with E-state index in [0.717, 1.165) is 75.1 Å². The van der Waals surface area contributed by atoms with Crippen molar-refractivity contribution in [1.29, 1.82) is 0 Å². The second-order valence-corrected chi connectivity index (χ2v) is 10.9. The number of carbonyl (C=O) groups is 2. The molecule has 9 heteroatoms. The molecule has 8 nitrogen and oxygen atoms in total. The first kappa shape index (κ1) is 24.3. The lowest BCUT2D eigenvalue weighted by Gasteiger charge is -2.36. The normalized spacial score (nSPS) is 17.0. The van der Waals surface area contributed by atoms with E-state index in [1.165, 1.54) is 11.3 Å². The zero-order valence-electron chi connectivity index (χ0n) is 20.6. The number of anilines is 3. The standard InChI is InChI=1S/C25H35N5O3S/c1-25(2,3)23(32)26-21-20(22(31)29-12-8-5-9-13-29)34-24(27-21)30-16-14-28(15-17-30)18-10-6-7-11-19(18)33-4/h6-7,10-11H,5,8-9,12-17H2,1-4H3,(H,26,32). The number of likely N-dealkylation sites (tertiary alicyclic amines) is 1. The number of para-hydroxylation sites is 2. The number of thiazole rings is 1. The van der Waals surface area contributed by atoms with Gasteiger partial charge in [-0.15, -0.1) is 0 Å². The number of piperazine rings is 1. The van der Waals surface area contributed by atoms with Gasteiger partial charge in [-0.05, 0) is 31.4 Å². The van der Waals surface area contributed by atoms with E-state index in [9.17, 15) is 9.59 Å². The molecule has 2 aliphatic heterocycles. The fraction of sp³-hybridized carbons (Fsp3) is 0.560. The van der Waals surface area contributed by atoms with E-state index < -0.39 is 5.41 Å². The molecular formula is C25H35N5O3S. The van der Waals surface area contributed by atoms with Crippen LogP contribution in [-0.2, 0) is 4.79 Å². The van der Waals surface area contributed by atoms with Gasteiger partial charge in [0, 0.05) is 44.7 Å². The fourth-order valence-corrected chi connectivity index (χ4v) is 5.28. The Labute approximate surface area is 205 Å². The van der Waals surface area contributed by atoms with Crippen molar-refractivity contribution < 1.29 is 14.3 Å². The van der Waals surface area contributed by atoms with E-state index in [4.69, 9.17) is 9.72 Å². The Balaban J connectivity index is 1.53. The third-order valence-electron chi connectivity index (χ3n) is 6.34. The second-order valence-electron chi connectivity index (χ2n) is 9.88. The van der Waals surface area contributed by atoms with Gasteiger partial charge in [-0.3, -0.25) is 9.59 Å². The summed E-state index contributed by atoms with van der Waals surface area (Å²) in [6, 6.07) is 8.05. The summed E-state index contributed by atoms with van der Waals surface area (Å²) in [6.07, 6.45) is 3.19. The molecule has 1 aromatic carbocycles. The molecule has 2 aromatic rings. The maximum Gasteiger partial charge on any atom is 0.267 e. The number of benzene rings is 1. The van der Waals surface area contributed by atoms with Crippen molar-refractivity contribution in [3.63, 3.8) is 0 Å². The summed E-state index contributed by atoms with van der Waals surface area (Å²) >= 11 is 1.39. The molecule has 0 radical (unpaired) electrons. The van der Waals surface area contributed by atoms with Crippen LogP contribution in [0.3, 0.4) is 0 Å². The number of hydrogen-bond acceptors (Lipinski definition) is 7. The Morgan fingerprint density at radius 2 is 1.62 bits per heavy atom. The van der Waals surface area contributed by atoms with Crippen LogP contribution in [0.1, 0.15) is 49.7 Å². The number of nitrogens with one attached hydrogen (secondary N) is 1. The summed E-state index contributed by atoms with van der Waals surface area (Å²) in [4.78, 5) is 37.8. The van der Waals surface area contributed by atoms with E-state index >= 15 is 0 Å². The predicted molar refractivity (Wildman–Crippen MR) is 137 cm³/mol. The highest BCUT2D eigenvalue weighted by atomic mass is 32.1. The molecule has 184 valence electrons. The molecule has 0 unspecified atom stereocenters. The highest BCUT2D eigenvalue weighted by Gasteiger charge is 2.30. The summed E-state index contributed by atoms with van der Waals surface area (Å²) in [5.74, 6) is 1.09. The minimum absolute atomic E-state index is 0.0275. The smallest absolute Gasteiger partial charge is 0.267 e. The van der Waals surface area contributed by atoms with Crippen LogP contribution in [0, 0.1) is 5.41 Å². The molecule has 1 aromatic heterocycles. The van der Waals surface area contributed by atoms with Gasteiger partial charge in [0.25, 0.3) is 5.91 Å². The molecule has 0 bridgehead atoms. The average Bonchev–Trinajstić information content (AvgIpc) is 3.27. The summed E-state index contributed by atoms with van der Waals surface area (Å²) in [7, 11) is 1.69. The van der Waals surface area contributed by atoms with E-state index in [0.29, 0.717) is 10.7 Å². The number of ether oxygens (including phenoxy) is 1. The van der Waals surface area contributed by atoms with Gasteiger partial charge < -0.3 is 24.8 Å². The topological polar surface area (TPSA) is 78.0 Å². The molecule has 0 spiro atoms. The van der Waals surface area contributed by atoms with Crippen LogP contribution in [-0.4, -0.2) is 68.1 Å². The highest BCUT2D eigenvalue weighted by molar-refractivity contribution is 7.18. The molecular weight excluding hydrogens is 450 g/mol. The molecule has 2 fully saturated rings. The minimum Gasteiger partial charge on any atom is -0.495 e. The molecule has 4 rings (SSSR count). The summed E-state index contributed by atoms with van der Waals surface area (Å²) in [5.41, 5.74) is 0.512. The summed E-state index contributed by atoms with van der Waals surface area (Å²) < 4.78 is 5.53. The first-order valence-corrected chi connectivity index (χ1v) is 12.8. The lowest BCUT2D eigenvalue weighted by molar-refractivity contribution is -0.123. The van der Waals surface area contributed by atoms with Crippen molar-refractivity contribution in [2.45, 2.75) is 40.0 Å². The van der Waals surface area contributed by atoms with Crippen LogP contribution < -0.4 is 19.9 Å². The number of amides is 2. The van der Waals surface area contributed by atoms with Crippen LogP contribution in [0.5, 0.6) is 5.75 Å². The number of nitrogens with zero attached hydrogens (tertiary/aromatic N) is 4. The number of carbonyl (C=O) groups excluding carboxylic acids is 2. The maximum atomic E-state index is 13.4. The van der Waals surface area contributed by atoms with Crippen molar-refractivity contribution in [1.82, 2.24) is 9.88 Å². The van der Waals surface area contributed by atoms with Gasteiger partial charge in [0.2, 0.25) is 5.91 Å².